The molecule has 1 aliphatic heterocycles. The van der Waals surface area contributed by atoms with E-state index in [1.54, 1.807) is 6.20 Å². The summed E-state index contributed by atoms with van der Waals surface area (Å²) in [5.41, 5.74) is 1.79. The van der Waals surface area contributed by atoms with Gasteiger partial charge in [-0.25, -0.2) is 0 Å². The molecule has 116 valence electrons. The third-order valence-corrected chi connectivity index (χ3v) is 4.43. The zero-order valence-corrected chi connectivity index (χ0v) is 14.1. The number of hydrogen-bond acceptors (Lipinski definition) is 3. The van der Waals surface area contributed by atoms with Gasteiger partial charge in [0.2, 0.25) is 0 Å². The van der Waals surface area contributed by atoms with Gasteiger partial charge in [-0.1, -0.05) is 6.07 Å². The lowest BCUT2D eigenvalue weighted by molar-refractivity contribution is 0.0623. The second kappa shape index (κ2) is 6.62. The number of carbonyl (C=O) groups excluding carboxylic acids is 1. The van der Waals surface area contributed by atoms with Crippen LogP contribution in [0.5, 0.6) is 0 Å². The number of rotatable bonds is 3. The molecule has 1 saturated heterocycles. The second-order valence-corrected chi connectivity index (χ2v) is 6.25. The maximum Gasteiger partial charge on any atom is 0.271 e. The summed E-state index contributed by atoms with van der Waals surface area (Å²) in [7, 11) is 0. The monoisotopic (exact) mass is 362 g/mol. The zero-order valence-electron chi connectivity index (χ0n) is 12.5. The average molecular weight is 363 g/mol. The first-order valence-electron chi connectivity index (χ1n) is 7.48. The van der Waals surface area contributed by atoms with E-state index in [0.717, 1.165) is 35.4 Å². The maximum absolute atomic E-state index is 13.0. The molecule has 0 radical (unpaired) electrons. The lowest BCUT2D eigenvalue weighted by Crippen LogP contribution is -2.49. The summed E-state index contributed by atoms with van der Waals surface area (Å²) in [6.07, 6.45) is 5.55. The summed E-state index contributed by atoms with van der Waals surface area (Å²) < 4.78 is 2.92. The quantitative estimate of drug-likeness (QED) is 0.912. The summed E-state index contributed by atoms with van der Waals surface area (Å²) in [5.74, 6) is 0.0721. The van der Waals surface area contributed by atoms with E-state index >= 15 is 0 Å². The van der Waals surface area contributed by atoms with Crippen LogP contribution in [0.3, 0.4) is 0 Å². The highest BCUT2D eigenvalue weighted by atomic mass is 79.9. The molecule has 3 rings (SSSR count). The molecule has 1 atom stereocenters. The third kappa shape index (κ3) is 2.94. The molecule has 2 aromatic heterocycles. The Bertz CT molecular complexity index is 655. The van der Waals surface area contributed by atoms with Gasteiger partial charge in [0.1, 0.15) is 5.69 Å². The number of nitrogens with one attached hydrogen (secondary N) is 1. The largest absolute Gasteiger partial charge is 0.343 e. The molecular formula is C16H19BrN4O. The topological polar surface area (TPSA) is 50.2 Å². The van der Waals surface area contributed by atoms with Crippen molar-refractivity contribution in [1.29, 1.82) is 0 Å². The van der Waals surface area contributed by atoms with Crippen molar-refractivity contribution in [2.24, 2.45) is 0 Å². The number of halogens is 1. The van der Waals surface area contributed by atoms with Crippen molar-refractivity contribution in [3.05, 3.63) is 52.5 Å². The lowest BCUT2D eigenvalue weighted by atomic mass is 10.0. The number of amides is 1. The Kier molecular flexibility index (Phi) is 4.59. The van der Waals surface area contributed by atoms with Crippen LogP contribution in [0.25, 0.3) is 0 Å². The van der Waals surface area contributed by atoms with Crippen LogP contribution < -0.4 is 5.32 Å². The molecule has 5 nitrogen and oxygen atoms in total. The Morgan fingerprint density at radius 1 is 1.55 bits per heavy atom. The Balaban J connectivity index is 1.92. The number of carbonyl (C=O) groups is 1. The highest BCUT2D eigenvalue weighted by molar-refractivity contribution is 9.10. The van der Waals surface area contributed by atoms with E-state index in [4.69, 9.17) is 0 Å². The summed E-state index contributed by atoms with van der Waals surface area (Å²) >= 11 is 3.46. The van der Waals surface area contributed by atoms with Crippen molar-refractivity contribution in [2.45, 2.75) is 19.5 Å². The predicted octanol–water partition coefficient (Wildman–Crippen LogP) is 2.45. The van der Waals surface area contributed by atoms with Gasteiger partial charge >= 0.3 is 0 Å². The van der Waals surface area contributed by atoms with Crippen LogP contribution in [-0.4, -0.2) is 40.0 Å². The molecular weight excluding hydrogens is 344 g/mol. The van der Waals surface area contributed by atoms with Crippen molar-refractivity contribution in [3.8, 4) is 0 Å². The van der Waals surface area contributed by atoms with Crippen molar-refractivity contribution < 1.29 is 4.79 Å². The SMILES string of the molecule is CCn1cc(Br)cc1C(=O)N1CCNCC1c1cccnc1. The predicted molar refractivity (Wildman–Crippen MR) is 88.7 cm³/mol. The van der Waals surface area contributed by atoms with E-state index < -0.39 is 0 Å². The standard InChI is InChI=1S/C16H19BrN4O/c1-2-20-11-13(17)8-14(20)16(22)21-7-6-19-10-15(21)12-4-3-5-18-9-12/h3-5,8-9,11,15,19H,2,6-7,10H2,1H3. The summed E-state index contributed by atoms with van der Waals surface area (Å²) in [6.45, 7) is 5.09. The first-order valence-corrected chi connectivity index (χ1v) is 8.27. The fourth-order valence-corrected chi connectivity index (χ4v) is 3.34. The minimum atomic E-state index is 0.0222. The van der Waals surface area contributed by atoms with Gasteiger partial charge in [-0.05, 0) is 40.5 Å². The summed E-state index contributed by atoms with van der Waals surface area (Å²) in [6, 6.07) is 5.86. The van der Waals surface area contributed by atoms with Crippen molar-refractivity contribution >= 4 is 21.8 Å². The van der Waals surface area contributed by atoms with Gasteiger partial charge in [-0.15, -0.1) is 0 Å². The maximum atomic E-state index is 13.0. The molecule has 1 N–H and O–H groups in total. The molecule has 0 bridgehead atoms. The third-order valence-electron chi connectivity index (χ3n) is 4.00. The van der Waals surface area contributed by atoms with Gasteiger partial charge in [0.05, 0.1) is 6.04 Å². The minimum absolute atomic E-state index is 0.0222. The van der Waals surface area contributed by atoms with E-state index in [9.17, 15) is 4.79 Å². The van der Waals surface area contributed by atoms with E-state index in [1.807, 2.05) is 47.0 Å². The molecule has 1 fully saturated rings. The van der Waals surface area contributed by atoms with Crippen LogP contribution in [0.4, 0.5) is 0 Å². The van der Waals surface area contributed by atoms with Crippen LogP contribution in [0.15, 0.2) is 41.3 Å². The average Bonchev–Trinajstić information content (AvgIpc) is 2.96. The lowest BCUT2D eigenvalue weighted by Gasteiger charge is -2.36. The van der Waals surface area contributed by atoms with Crippen molar-refractivity contribution in [3.63, 3.8) is 0 Å². The van der Waals surface area contributed by atoms with Crippen LogP contribution in [0, 0.1) is 0 Å². The fraction of sp³-hybridized carbons (Fsp3) is 0.375. The summed E-state index contributed by atoms with van der Waals surface area (Å²) in [4.78, 5) is 19.1. The Hall–Kier alpha value is -1.66. The highest BCUT2D eigenvalue weighted by Gasteiger charge is 2.30. The molecule has 1 amide bonds. The first-order chi connectivity index (χ1) is 10.7. The fourth-order valence-electron chi connectivity index (χ4n) is 2.88. The normalized spacial score (nSPS) is 18.5. The Morgan fingerprint density at radius 3 is 3.14 bits per heavy atom. The molecule has 0 aliphatic carbocycles. The van der Waals surface area contributed by atoms with Gasteiger partial charge in [0.15, 0.2) is 0 Å². The number of aromatic nitrogens is 2. The van der Waals surface area contributed by atoms with E-state index in [0.29, 0.717) is 6.54 Å². The molecule has 1 aliphatic rings. The van der Waals surface area contributed by atoms with E-state index in [-0.39, 0.29) is 11.9 Å². The van der Waals surface area contributed by atoms with Crippen LogP contribution in [0.1, 0.15) is 29.0 Å². The molecule has 3 heterocycles. The van der Waals surface area contributed by atoms with Gasteiger partial charge in [-0.2, -0.15) is 0 Å². The smallest absolute Gasteiger partial charge is 0.271 e. The highest BCUT2D eigenvalue weighted by Crippen LogP contribution is 2.25. The minimum Gasteiger partial charge on any atom is -0.343 e. The number of aryl methyl sites for hydroxylation is 1. The van der Waals surface area contributed by atoms with Gasteiger partial charge < -0.3 is 14.8 Å². The van der Waals surface area contributed by atoms with Crippen LogP contribution in [-0.2, 0) is 6.54 Å². The second-order valence-electron chi connectivity index (χ2n) is 5.33. The van der Waals surface area contributed by atoms with Crippen LogP contribution in [0.2, 0.25) is 0 Å². The van der Waals surface area contributed by atoms with Gasteiger partial charge in [0.25, 0.3) is 5.91 Å². The Labute approximate surface area is 138 Å². The molecule has 0 saturated carbocycles. The Morgan fingerprint density at radius 2 is 2.41 bits per heavy atom. The molecule has 1 unspecified atom stereocenters. The molecule has 0 aromatic carbocycles. The number of piperazine rings is 1. The van der Waals surface area contributed by atoms with Crippen molar-refractivity contribution in [1.82, 2.24) is 19.8 Å². The first kappa shape index (κ1) is 15.2. The van der Waals surface area contributed by atoms with E-state index in [2.05, 4.69) is 26.2 Å². The van der Waals surface area contributed by atoms with Crippen molar-refractivity contribution in [2.75, 3.05) is 19.6 Å². The number of hydrogen-bond donors (Lipinski definition) is 1. The number of pyridine rings is 1. The molecule has 22 heavy (non-hydrogen) atoms. The van der Waals surface area contributed by atoms with Gasteiger partial charge in [-0.3, -0.25) is 9.78 Å². The summed E-state index contributed by atoms with van der Waals surface area (Å²) in [5, 5.41) is 3.37. The van der Waals surface area contributed by atoms with E-state index in [1.165, 1.54) is 0 Å². The number of nitrogens with zero attached hydrogens (tertiary/aromatic N) is 3. The molecule has 2 aromatic rings. The van der Waals surface area contributed by atoms with Gasteiger partial charge in [0, 0.05) is 49.2 Å². The zero-order chi connectivity index (χ0) is 15.5. The van der Waals surface area contributed by atoms with Crippen LogP contribution >= 0.6 is 15.9 Å². The molecule has 0 spiro atoms. The molecule has 6 heteroatoms.